The zero-order valence-corrected chi connectivity index (χ0v) is 23.8. The molecule has 1 saturated carbocycles. The van der Waals surface area contributed by atoms with E-state index in [1.807, 2.05) is 62.4 Å². The highest BCUT2D eigenvalue weighted by molar-refractivity contribution is 6.12. The Morgan fingerprint density at radius 1 is 1.00 bits per heavy atom. The van der Waals surface area contributed by atoms with Crippen LogP contribution in [0.2, 0.25) is 0 Å². The van der Waals surface area contributed by atoms with Crippen molar-refractivity contribution in [2.24, 2.45) is 0 Å². The van der Waals surface area contributed by atoms with Gasteiger partial charge in [-0.05, 0) is 104 Å². The van der Waals surface area contributed by atoms with Crippen molar-refractivity contribution in [2.75, 3.05) is 19.1 Å². The molecule has 0 bridgehead atoms. The monoisotopic (exact) mass is 563 g/mol. The number of benzene rings is 3. The molecule has 0 atom stereocenters. The number of carbonyl (C=O) groups excluding carboxylic acids is 2. The Labute approximate surface area is 242 Å². The summed E-state index contributed by atoms with van der Waals surface area (Å²) in [5.41, 5.74) is 5.26. The number of rotatable bonds is 7. The Balaban J connectivity index is 1.48. The van der Waals surface area contributed by atoms with E-state index in [9.17, 15) is 14.0 Å². The molecule has 0 spiro atoms. The molecular weight excluding hydrogens is 533 g/mol. The Morgan fingerprint density at radius 3 is 2.40 bits per heavy atom. The van der Waals surface area contributed by atoms with Gasteiger partial charge in [-0.1, -0.05) is 12.1 Å². The normalized spacial score (nSPS) is 12.8. The fraction of sp³-hybridized carbons (Fsp3) is 0.206. The number of nitrogens with zero attached hydrogens (tertiary/aromatic N) is 2. The fourth-order valence-electron chi connectivity index (χ4n) is 5.33. The van der Waals surface area contributed by atoms with Gasteiger partial charge in [-0.2, -0.15) is 0 Å². The number of amides is 2. The third kappa shape index (κ3) is 4.89. The number of carbonyl (C=O) groups is 2. The summed E-state index contributed by atoms with van der Waals surface area (Å²) < 4.78 is 25.4. The molecule has 212 valence electrons. The molecule has 3 aromatic carbocycles. The number of anilines is 1. The molecule has 1 aliphatic carbocycles. The first kappa shape index (κ1) is 27.2. The molecule has 2 aromatic heterocycles. The molecule has 5 aromatic rings. The molecule has 6 rings (SSSR count). The fourth-order valence-corrected chi connectivity index (χ4v) is 5.33. The minimum atomic E-state index is -0.377. The molecule has 0 aliphatic heterocycles. The smallest absolute Gasteiger partial charge is 0.263 e. The number of aryl methyl sites for hydroxylation is 2. The van der Waals surface area contributed by atoms with Gasteiger partial charge >= 0.3 is 0 Å². The van der Waals surface area contributed by atoms with Crippen LogP contribution in [0.25, 0.3) is 33.4 Å². The van der Waals surface area contributed by atoms with Crippen LogP contribution in [0.4, 0.5) is 10.2 Å². The number of ether oxygens (including phenoxy) is 1. The van der Waals surface area contributed by atoms with Gasteiger partial charge in [-0.15, -0.1) is 0 Å². The summed E-state index contributed by atoms with van der Waals surface area (Å²) in [5, 5.41) is 3.30. The lowest BCUT2D eigenvalue weighted by atomic mass is 9.95. The largest absolute Gasteiger partial charge is 0.496 e. The maximum Gasteiger partial charge on any atom is 0.263 e. The van der Waals surface area contributed by atoms with Gasteiger partial charge in [0.05, 0.1) is 18.2 Å². The summed E-state index contributed by atoms with van der Waals surface area (Å²) in [6.45, 7) is 3.86. The van der Waals surface area contributed by atoms with Gasteiger partial charge in [0.1, 0.15) is 28.7 Å². The standard InChI is InChI=1S/C34H30FN3O4/c1-19-16-29(41-4)27(34(40)38(24-13-14-24)30-7-5-6-20(2)37-30)18-25(19)22-10-15-28-26(17-22)31(33(39)36-3)32(42-28)21-8-11-23(35)12-9-21/h5-12,15-18,24H,13-14H2,1-4H3,(H,36,39). The van der Waals surface area contributed by atoms with Gasteiger partial charge in [0.2, 0.25) is 0 Å². The first-order chi connectivity index (χ1) is 20.3. The highest BCUT2D eigenvalue weighted by atomic mass is 19.1. The number of hydrogen-bond acceptors (Lipinski definition) is 5. The highest BCUT2D eigenvalue weighted by Crippen LogP contribution is 2.39. The predicted octanol–water partition coefficient (Wildman–Crippen LogP) is 7.10. The second-order valence-corrected chi connectivity index (χ2v) is 10.5. The van der Waals surface area contributed by atoms with E-state index in [4.69, 9.17) is 9.15 Å². The summed E-state index contributed by atoms with van der Waals surface area (Å²) in [4.78, 5) is 33.6. The van der Waals surface area contributed by atoms with Gasteiger partial charge < -0.3 is 14.5 Å². The number of methoxy groups -OCH3 is 1. The zero-order chi connectivity index (χ0) is 29.5. The van der Waals surface area contributed by atoms with E-state index in [-0.39, 0.29) is 23.7 Å². The van der Waals surface area contributed by atoms with Gasteiger partial charge in [0.25, 0.3) is 11.8 Å². The van der Waals surface area contributed by atoms with E-state index in [0.29, 0.717) is 45.0 Å². The van der Waals surface area contributed by atoms with Crippen LogP contribution >= 0.6 is 0 Å². The second kappa shape index (κ2) is 10.8. The van der Waals surface area contributed by atoms with Crippen LogP contribution < -0.4 is 15.0 Å². The van der Waals surface area contributed by atoms with Crippen molar-refractivity contribution in [3.8, 4) is 28.2 Å². The minimum absolute atomic E-state index is 0.0866. The van der Waals surface area contributed by atoms with Gasteiger partial charge in [-0.3, -0.25) is 14.5 Å². The van der Waals surface area contributed by atoms with Crippen molar-refractivity contribution in [3.63, 3.8) is 0 Å². The summed E-state index contributed by atoms with van der Waals surface area (Å²) >= 11 is 0. The van der Waals surface area contributed by atoms with Crippen molar-refractivity contribution in [2.45, 2.75) is 32.7 Å². The van der Waals surface area contributed by atoms with Gasteiger partial charge in [-0.25, -0.2) is 9.37 Å². The van der Waals surface area contributed by atoms with Crippen molar-refractivity contribution >= 4 is 28.6 Å². The van der Waals surface area contributed by atoms with Crippen LogP contribution in [0.3, 0.4) is 0 Å². The average molecular weight is 564 g/mol. The first-order valence-corrected chi connectivity index (χ1v) is 13.8. The van der Waals surface area contributed by atoms with Crippen molar-refractivity contribution in [3.05, 3.63) is 101 Å². The van der Waals surface area contributed by atoms with Gasteiger partial charge in [0, 0.05) is 29.7 Å². The van der Waals surface area contributed by atoms with Gasteiger partial charge in [0.15, 0.2) is 0 Å². The second-order valence-electron chi connectivity index (χ2n) is 10.5. The molecule has 0 radical (unpaired) electrons. The molecular formula is C34H30FN3O4. The lowest BCUT2D eigenvalue weighted by Crippen LogP contribution is -2.34. The third-order valence-corrected chi connectivity index (χ3v) is 7.59. The summed E-state index contributed by atoms with van der Waals surface area (Å²) in [7, 11) is 3.11. The average Bonchev–Trinajstić information content (AvgIpc) is 3.75. The van der Waals surface area contributed by atoms with E-state index in [0.717, 1.165) is 35.2 Å². The molecule has 7 nitrogen and oxygen atoms in total. The Kier molecular flexibility index (Phi) is 6.98. The van der Waals surface area contributed by atoms with Crippen LogP contribution in [-0.2, 0) is 0 Å². The predicted molar refractivity (Wildman–Crippen MR) is 161 cm³/mol. The zero-order valence-electron chi connectivity index (χ0n) is 23.8. The Hall–Kier alpha value is -4.98. The highest BCUT2D eigenvalue weighted by Gasteiger charge is 2.36. The number of furan rings is 1. The van der Waals surface area contributed by atoms with Crippen molar-refractivity contribution < 1.29 is 23.1 Å². The Bertz CT molecular complexity index is 1840. The summed E-state index contributed by atoms with van der Waals surface area (Å²) in [6, 6.07) is 20.9. The number of pyridine rings is 1. The van der Waals surface area contributed by atoms with E-state index in [1.54, 1.807) is 31.2 Å². The molecule has 1 aliphatic rings. The third-order valence-electron chi connectivity index (χ3n) is 7.59. The molecule has 0 saturated heterocycles. The summed E-state index contributed by atoms with van der Waals surface area (Å²) in [5.74, 6) is 0.580. The lowest BCUT2D eigenvalue weighted by molar-refractivity contribution is 0.0961. The molecule has 0 unspecified atom stereocenters. The molecule has 1 fully saturated rings. The lowest BCUT2D eigenvalue weighted by Gasteiger charge is -2.23. The van der Waals surface area contributed by atoms with E-state index < -0.39 is 0 Å². The van der Waals surface area contributed by atoms with E-state index in [1.165, 1.54) is 12.1 Å². The van der Waals surface area contributed by atoms with Crippen LogP contribution in [-0.4, -0.2) is 37.0 Å². The number of halogens is 1. The van der Waals surface area contributed by atoms with Crippen LogP contribution in [0, 0.1) is 19.7 Å². The molecule has 8 heteroatoms. The molecule has 2 amide bonds. The SMILES string of the molecule is CNC(=O)c1c(-c2ccc(F)cc2)oc2ccc(-c3cc(C(=O)N(c4cccc(C)n4)C4CC4)c(OC)cc3C)cc12. The number of aromatic nitrogens is 1. The summed E-state index contributed by atoms with van der Waals surface area (Å²) in [6.07, 6.45) is 1.83. The van der Waals surface area contributed by atoms with Crippen LogP contribution in [0.15, 0.2) is 77.2 Å². The topological polar surface area (TPSA) is 84.7 Å². The van der Waals surface area contributed by atoms with Crippen molar-refractivity contribution in [1.29, 1.82) is 0 Å². The minimum Gasteiger partial charge on any atom is -0.496 e. The van der Waals surface area contributed by atoms with Crippen LogP contribution in [0.1, 0.15) is 44.8 Å². The first-order valence-electron chi connectivity index (χ1n) is 13.8. The number of nitrogens with one attached hydrogen (secondary N) is 1. The molecule has 1 N–H and O–H groups in total. The number of fused-ring (bicyclic) bond motifs is 1. The maximum absolute atomic E-state index is 14.1. The maximum atomic E-state index is 14.1. The van der Waals surface area contributed by atoms with Crippen molar-refractivity contribution in [1.82, 2.24) is 10.3 Å². The molecule has 42 heavy (non-hydrogen) atoms. The van der Waals surface area contributed by atoms with Crippen LogP contribution in [0.5, 0.6) is 5.75 Å². The number of hydrogen-bond donors (Lipinski definition) is 1. The molecule has 2 heterocycles. The van der Waals surface area contributed by atoms with E-state index in [2.05, 4.69) is 10.3 Å². The quantitative estimate of drug-likeness (QED) is 0.228. The Morgan fingerprint density at radius 2 is 1.74 bits per heavy atom. The van der Waals surface area contributed by atoms with E-state index >= 15 is 0 Å².